The molecule has 1 saturated heterocycles. The summed E-state index contributed by atoms with van der Waals surface area (Å²) in [6, 6.07) is 9.66. The predicted octanol–water partition coefficient (Wildman–Crippen LogP) is 2.12. The second-order valence-electron chi connectivity index (χ2n) is 7.37. The van der Waals surface area contributed by atoms with Crippen LogP contribution in [-0.2, 0) is 13.0 Å². The van der Waals surface area contributed by atoms with E-state index in [1.807, 2.05) is 30.3 Å². The van der Waals surface area contributed by atoms with Crippen molar-refractivity contribution in [2.24, 2.45) is 0 Å². The first-order valence-corrected chi connectivity index (χ1v) is 9.71. The second kappa shape index (κ2) is 6.74. The zero-order valence-electron chi connectivity index (χ0n) is 15.5. The van der Waals surface area contributed by atoms with Gasteiger partial charge in [0, 0.05) is 36.8 Å². The Hall–Kier alpha value is -3.22. The molecule has 2 aliphatic rings. The number of carbonyl (C=O) groups is 1. The molecule has 4 heterocycles. The second-order valence-corrected chi connectivity index (χ2v) is 7.37. The molecule has 2 aliphatic heterocycles. The molecule has 2 aromatic heterocycles. The summed E-state index contributed by atoms with van der Waals surface area (Å²) in [5, 5.41) is 1.83. The van der Waals surface area contributed by atoms with E-state index in [0.29, 0.717) is 42.4 Å². The van der Waals surface area contributed by atoms with Crippen LogP contribution in [0.4, 0.5) is 5.95 Å². The van der Waals surface area contributed by atoms with Crippen molar-refractivity contribution in [3.63, 3.8) is 0 Å². The summed E-state index contributed by atoms with van der Waals surface area (Å²) >= 11 is 0. The van der Waals surface area contributed by atoms with Gasteiger partial charge < -0.3 is 9.80 Å². The van der Waals surface area contributed by atoms with Gasteiger partial charge in [-0.1, -0.05) is 24.3 Å². The van der Waals surface area contributed by atoms with Gasteiger partial charge in [-0.25, -0.2) is 4.98 Å². The lowest BCUT2D eigenvalue weighted by Crippen LogP contribution is -2.40. The lowest BCUT2D eigenvalue weighted by atomic mass is 10.0. The first kappa shape index (κ1) is 16.9. The molecule has 7 nitrogen and oxygen atoms in total. The van der Waals surface area contributed by atoms with Crippen LogP contribution in [0.3, 0.4) is 0 Å². The van der Waals surface area contributed by atoms with Crippen molar-refractivity contribution in [1.29, 1.82) is 0 Å². The number of rotatable bonds is 2. The fourth-order valence-corrected chi connectivity index (χ4v) is 4.12. The Balaban J connectivity index is 1.48. The number of hydrogen-bond acceptors (Lipinski definition) is 5. The summed E-state index contributed by atoms with van der Waals surface area (Å²) < 4.78 is 0. The van der Waals surface area contributed by atoms with Gasteiger partial charge in [0.2, 0.25) is 5.95 Å². The molecule has 142 valence electrons. The maximum absolute atomic E-state index is 13.2. The highest BCUT2D eigenvalue weighted by molar-refractivity contribution is 6.05. The summed E-state index contributed by atoms with van der Waals surface area (Å²) in [5.41, 5.74) is 1.76. The fraction of sp³-hybridized carbons (Fsp3) is 0.333. The van der Waals surface area contributed by atoms with E-state index in [-0.39, 0.29) is 11.5 Å². The van der Waals surface area contributed by atoms with E-state index in [4.69, 9.17) is 4.98 Å². The molecule has 0 atom stereocenters. The first-order chi connectivity index (χ1) is 13.7. The van der Waals surface area contributed by atoms with E-state index in [9.17, 15) is 9.59 Å². The number of pyridine rings is 1. The van der Waals surface area contributed by atoms with E-state index >= 15 is 0 Å². The SMILES string of the molecule is O=C(c1nccc2ccccc12)N1CCc2c(nc(N3CCCC3)[nH]c2=O)C1. The van der Waals surface area contributed by atoms with Crippen LogP contribution in [0.15, 0.2) is 41.3 Å². The van der Waals surface area contributed by atoms with Crippen LogP contribution in [0.2, 0.25) is 0 Å². The number of anilines is 1. The molecule has 3 aromatic rings. The zero-order chi connectivity index (χ0) is 19.1. The number of H-pyrrole nitrogens is 1. The molecule has 28 heavy (non-hydrogen) atoms. The highest BCUT2D eigenvalue weighted by Crippen LogP contribution is 2.23. The molecule has 1 fully saturated rings. The smallest absolute Gasteiger partial charge is 0.273 e. The van der Waals surface area contributed by atoms with Crippen LogP contribution in [0, 0.1) is 0 Å². The Morgan fingerprint density at radius 3 is 2.75 bits per heavy atom. The lowest BCUT2D eigenvalue weighted by molar-refractivity contribution is 0.0727. The van der Waals surface area contributed by atoms with E-state index in [2.05, 4.69) is 14.9 Å². The number of nitrogens with zero attached hydrogens (tertiary/aromatic N) is 4. The summed E-state index contributed by atoms with van der Waals surface area (Å²) in [6.45, 7) is 2.64. The van der Waals surface area contributed by atoms with E-state index in [1.54, 1.807) is 11.1 Å². The highest BCUT2D eigenvalue weighted by atomic mass is 16.2. The number of carbonyl (C=O) groups excluding carboxylic acids is 1. The van der Waals surface area contributed by atoms with Crippen molar-refractivity contribution in [3.05, 3.63) is 63.8 Å². The van der Waals surface area contributed by atoms with Gasteiger partial charge in [0.15, 0.2) is 0 Å². The monoisotopic (exact) mass is 375 g/mol. The zero-order valence-corrected chi connectivity index (χ0v) is 15.5. The fourth-order valence-electron chi connectivity index (χ4n) is 4.12. The van der Waals surface area contributed by atoms with Crippen LogP contribution in [0.5, 0.6) is 0 Å². The van der Waals surface area contributed by atoms with Gasteiger partial charge in [-0.15, -0.1) is 0 Å². The third kappa shape index (κ3) is 2.83. The molecule has 7 heteroatoms. The van der Waals surface area contributed by atoms with Gasteiger partial charge in [-0.3, -0.25) is 19.6 Å². The van der Waals surface area contributed by atoms with Crippen molar-refractivity contribution in [1.82, 2.24) is 19.9 Å². The molecule has 0 aliphatic carbocycles. The maximum Gasteiger partial charge on any atom is 0.273 e. The Labute approximate surface area is 162 Å². The van der Waals surface area contributed by atoms with Crippen LogP contribution in [0.1, 0.15) is 34.6 Å². The highest BCUT2D eigenvalue weighted by Gasteiger charge is 2.27. The minimum Gasteiger partial charge on any atom is -0.342 e. The average Bonchev–Trinajstić information content (AvgIpc) is 3.27. The number of hydrogen-bond donors (Lipinski definition) is 1. The minimum absolute atomic E-state index is 0.0812. The van der Waals surface area contributed by atoms with E-state index in [1.165, 1.54) is 0 Å². The van der Waals surface area contributed by atoms with Crippen molar-refractivity contribution >= 4 is 22.6 Å². The summed E-state index contributed by atoms with van der Waals surface area (Å²) in [4.78, 5) is 41.5. The van der Waals surface area contributed by atoms with Crippen LogP contribution in [-0.4, -0.2) is 45.4 Å². The van der Waals surface area contributed by atoms with Gasteiger partial charge in [0.1, 0.15) is 5.69 Å². The number of nitrogens with one attached hydrogen (secondary N) is 1. The molecule has 0 radical (unpaired) electrons. The number of aromatic nitrogens is 3. The quantitative estimate of drug-likeness (QED) is 0.742. The molecule has 1 amide bonds. The lowest BCUT2D eigenvalue weighted by Gasteiger charge is -2.28. The molecule has 0 saturated carbocycles. The van der Waals surface area contributed by atoms with Crippen molar-refractivity contribution in [2.45, 2.75) is 25.8 Å². The number of amides is 1. The molecular weight excluding hydrogens is 354 g/mol. The Bertz CT molecular complexity index is 1110. The average molecular weight is 375 g/mol. The standard InChI is InChI=1S/C21H21N5O2/c27-19-16-8-12-26(13-17(16)23-21(24-19)25-10-3-4-11-25)20(28)18-15-6-2-1-5-14(15)7-9-22-18/h1-2,5-7,9H,3-4,8,10-13H2,(H,23,24,27). The molecular formula is C21H21N5O2. The molecule has 0 spiro atoms. The first-order valence-electron chi connectivity index (χ1n) is 9.71. The summed E-state index contributed by atoms with van der Waals surface area (Å²) in [5.74, 6) is 0.506. The molecule has 1 N–H and O–H groups in total. The Morgan fingerprint density at radius 2 is 1.89 bits per heavy atom. The molecule has 1 aromatic carbocycles. The Morgan fingerprint density at radius 1 is 1.07 bits per heavy atom. The molecule has 5 rings (SSSR count). The Kier molecular flexibility index (Phi) is 4.07. The van der Waals surface area contributed by atoms with E-state index in [0.717, 1.165) is 36.7 Å². The summed E-state index contributed by atoms with van der Waals surface area (Å²) in [6.07, 6.45) is 4.40. The van der Waals surface area contributed by atoms with Crippen LogP contribution in [0.25, 0.3) is 10.8 Å². The van der Waals surface area contributed by atoms with Gasteiger partial charge >= 0.3 is 0 Å². The van der Waals surface area contributed by atoms with Gasteiger partial charge in [-0.05, 0) is 30.7 Å². The number of aromatic amines is 1. The van der Waals surface area contributed by atoms with Crippen LogP contribution >= 0.6 is 0 Å². The molecule has 0 unspecified atom stereocenters. The predicted molar refractivity (Wildman–Crippen MR) is 106 cm³/mol. The van der Waals surface area contributed by atoms with Gasteiger partial charge in [-0.2, -0.15) is 0 Å². The van der Waals surface area contributed by atoms with E-state index < -0.39 is 0 Å². The van der Waals surface area contributed by atoms with Crippen molar-refractivity contribution in [3.8, 4) is 0 Å². The maximum atomic E-state index is 13.2. The normalized spacial score (nSPS) is 16.4. The molecule has 0 bridgehead atoms. The van der Waals surface area contributed by atoms with Crippen molar-refractivity contribution in [2.75, 3.05) is 24.5 Å². The number of benzene rings is 1. The number of fused-ring (bicyclic) bond motifs is 2. The third-order valence-corrected chi connectivity index (χ3v) is 5.63. The largest absolute Gasteiger partial charge is 0.342 e. The van der Waals surface area contributed by atoms with Gasteiger partial charge in [0.25, 0.3) is 11.5 Å². The van der Waals surface area contributed by atoms with Crippen LogP contribution < -0.4 is 10.5 Å². The topological polar surface area (TPSA) is 82.2 Å². The van der Waals surface area contributed by atoms with Crippen molar-refractivity contribution < 1.29 is 4.79 Å². The van der Waals surface area contributed by atoms with Gasteiger partial charge in [0.05, 0.1) is 12.2 Å². The third-order valence-electron chi connectivity index (χ3n) is 5.63. The summed E-state index contributed by atoms with van der Waals surface area (Å²) in [7, 11) is 0. The minimum atomic E-state index is -0.118.